The van der Waals surface area contributed by atoms with Gasteiger partial charge < -0.3 is 5.32 Å². The summed E-state index contributed by atoms with van der Waals surface area (Å²) in [5, 5.41) is 3.24. The summed E-state index contributed by atoms with van der Waals surface area (Å²) in [6.45, 7) is 0. The lowest BCUT2D eigenvalue weighted by atomic mass is 10.3. The van der Waals surface area contributed by atoms with Gasteiger partial charge in [-0.25, -0.2) is 9.55 Å². The van der Waals surface area contributed by atoms with Crippen LogP contribution in [0.25, 0.3) is 11.0 Å². The maximum Gasteiger partial charge on any atom is 0.234 e. The molecule has 1 aromatic heterocycles. The molecule has 0 radical (unpaired) electrons. The van der Waals surface area contributed by atoms with E-state index in [-0.39, 0.29) is 5.91 Å². The molecule has 0 aliphatic heterocycles. The fourth-order valence-electron chi connectivity index (χ4n) is 2.31. The van der Waals surface area contributed by atoms with Crippen molar-refractivity contribution in [3.63, 3.8) is 0 Å². The van der Waals surface area contributed by atoms with E-state index in [9.17, 15) is 4.79 Å². The number of anilines is 2. The first-order chi connectivity index (χ1) is 10.8. The third kappa shape index (κ3) is 2.99. The maximum absolute atomic E-state index is 12.6. The Labute approximate surface area is 133 Å². The first-order valence-electron chi connectivity index (χ1n) is 7.11. The Morgan fingerprint density at radius 3 is 2.64 bits per heavy atom. The van der Waals surface area contributed by atoms with Crippen molar-refractivity contribution in [1.29, 1.82) is 0 Å². The zero-order valence-electron chi connectivity index (χ0n) is 12.3. The predicted molar refractivity (Wildman–Crippen MR) is 93.1 cm³/mol. The van der Waals surface area contributed by atoms with Crippen LogP contribution in [-0.4, -0.2) is 27.5 Å². The molecule has 3 rings (SSSR count). The molecule has 1 N–H and O–H groups in total. The largest absolute Gasteiger partial charge is 0.325 e. The second-order valence-electron chi connectivity index (χ2n) is 4.89. The van der Waals surface area contributed by atoms with Crippen molar-refractivity contribution in [3.8, 4) is 0 Å². The van der Waals surface area contributed by atoms with Gasteiger partial charge in [-0.2, -0.15) is 11.8 Å². The van der Waals surface area contributed by atoms with E-state index in [4.69, 9.17) is 0 Å². The van der Waals surface area contributed by atoms with Gasteiger partial charge >= 0.3 is 0 Å². The number of carbonyl (C=O) groups is 1. The summed E-state index contributed by atoms with van der Waals surface area (Å²) in [5.74, 6) is 1.43. The van der Waals surface area contributed by atoms with Crippen molar-refractivity contribution in [2.75, 3.05) is 17.3 Å². The summed E-state index contributed by atoms with van der Waals surface area (Å²) in [6.07, 6.45) is 2.49. The number of fused-ring (bicyclic) bond motifs is 1. The molecule has 0 fully saturated rings. The second kappa shape index (κ2) is 6.66. The molecule has 3 aromatic rings. The van der Waals surface area contributed by atoms with Crippen LogP contribution in [0.15, 0.2) is 54.6 Å². The Bertz CT molecular complexity index is 783. The van der Waals surface area contributed by atoms with Gasteiger partial charge in [0.05, 0.1) is 11.0 Å². The molecule has 2 aromatic carbocycles. The Kier molecular flexibility index (Phi) is 4.44. The molecule has 4 nitrogen and oxygen atoms in total. The maximum atomic E-state index is 12.6. The monoisotopic (exact) mass is 311 g/mol. The molecule has 0 saturated carbocycles. The van der Waals surface area contributed by atoms with Gasteiger partial charge in [-0.1, -0.05) is 30.3 Å². The highest BCUT2D eigenvalue weighted by Gasteiger charge is 2.16. The summed E-state index contributed by atoms with van der Waals surface area (Å²) in [7, 11) is 0. The lowest BCUT2D eigenvalue weighted by Gasteiger charge is -2.09. The van der Waals surface area contributed by atoms with Gasteiger partial charge in [0.1, 0.15) is 0 Å². The molecule has 112 valence electrons. The van der Waals surface area contributed by atoms with Crippen molar-refractivity contribution >= 4 is 40.3 Å². The van der Waals surface area contributed by atoms with Crippen LogP contribution in [0.2, 0.25) is 0 Å². The summed E-state index contributed by atoms with van der Waals surface area (Å²) >= 11 is 1.67. The Hall–Kier alpha value is -2.27. The van der Waals surface area contributed by atoms with Crippen LogP contribution in [0.3, 0.4) is 0 Å². The fraction of sp³-hybridized carbons (Fsp3) is 0.176. The van der Waals surface area contributed by atoms with Crippen LogP contribution in [0.4, 0.5) is 11.6 Å². The number of rotatable bonds is 5. The van der Waals surface area contributed by atoms with Crippen LogP contribution in [-0.2, 0) is 0 Å². The normalized spacial score (nSPS) is 10.8. The third-order valence-electron chi connectivity index (χ3n) is 3.36. The average molecular weight is 311 g/mol. The van der Waals surface area contributed by atoms with E-state index in [2.05, 4.69) is 10.3 Å². The molecule has 5 heteroatoms. The number of aromatic nitrogens is 2. The first kappa shape index (κ1) is 14.7. The standard InChI is InChI=1S/C17H17N3OS/c1-22-12-11-16(21)20-15-10-6-5-9-14(15)19-17(20)18-13-7-3-2-4-8-13/h2-10H,11-12H2,1H3,(H,18,19). The molecule has 0 unspecified atom stereocenters. The van der Waals surface area contributed by atoms with Gasteiger partial charge in [-0.3, -0.25) is 4.79 Å². The fourth-order valence-corrected chi connectivity index (χ4v) is 2.69. The summed E-state index contributed by atoms with van der Waals surface area (Å²) in [5.41, 5.74) is 2.57. The smallest absolute Gasteiger partial charge is 0.234 e. The van der Waals surface area contributed by atoms with Gasteiger partial charge in [0.15, 0.2) is 0 Å². The number of nitrogens with zero attached hydrogens (tertiary/aromatic N) is 2. The minimum absolute atomic E-state index is 0.0569. The zero-order chi connectivity index (χ0) is 15.4. The van der Waals surface area contributed by atoms with E-state index < -0.39 is 0 Å². The highest BCUT2D eigenvalue weighted by atomic mass is 32.2. The Morgan fingerprint density at radius 1 is 1.14 bits per heavy atom. The number of hydrogen-bond acceptors (Lipinski definition) is 4. The van der Waals surface area contributed by atoms with Crippen LogP contribution in [0.5, 0.6) is 0 Å². The highest BCUT2D eigenvalue weighted by molar-refractivity contribution is 7.98. The average Bonchev–Trinajstić information content (AvgIpc) is 2.91. The second-order valence-corrected chi connectivity index (χ2v) is 5.87. The lowest BCUT2D eigenvalue weighted by molar-refractivity contribution is 0.0917. The number of carbonyl (C=O) groups excluding carboxylic acids is 1. The van der Waals surface area contributed by atoms with Crippen LogP contribution in [0, 0.1) is 0 Å². The molecule has 0 amide bonds. The van der Waals surface area contributed by atoms with Crippen LogP contribution < -0.4 is 5.32 Å². The number of nitrogens with one attached hydrogen (secondary N) is 1. The van der Waals surface area contributed by atoms with Crippen molar-refractivity contribution in [2.45, 2.75) is 6.42 Å². The third-order valence-corrected chi connectivity index (χ3v) is 3.97. The Morgan fingerprint density at radius 2 is 1.86 bits per heavy atom. The quantitative estimate of drug-likeness (QED) is 0.768. The molecular formula is C17H17N3OS. The molecule has 0 saturated heterocycles. The number of thioether (sulfide) groups is 1. The molecule has 0 atom stereocenters. The van der Waals surface area contributed by atoms with Crippen molar-refractivity contribution in [2.24, 2.45) is 0 Å². The first-order valence-corrected chi connectivity index (χ1v) is 8.50. The number of hydrogen-bond donors (Lipinski definition) is 1. The number of para-hydroxylation sites is 3. The molecule has 0 bridgehead atoms. The lowest BCUT2D eigenvalue weighted by Crippen LogP contribution is -2.14. The van der Waals surface area contributed by atoms with E-state index in [1.807, 2.05) is 60.9 Å². The predicted octanol–water partition coefficient (Wildman–Crippen LogP) is 4.17. The minimum atomic E-state index is 0.0569. The highest BCUT2D eigenvalue weighted by Crippen LogP contribution is 2.23. The summed E-state index contributed by atoms with van der Waals surface area (Å²) in [4.78, 5) is 17.1. The van der Waals surface area contributed by atoms with E-state index >= 15 is 0 Å². The van der Waals surface area contributed by atoms with E-state index in [0.717, 1.165) is 22.5 Å². The molecule has 0 aliphatic carbocycles. The van der Waals surface area contributed by atoms with Gasteiger partial charge in [0, 0.05) is 17.9 Å². The van der Waals surface area contributed by atoms with Crippen LogP contribution >= 0.6 is 11.8 Å². The minimum Gasteiger partial charge on any atom is -0.325 e. The molecule has 0 spiro atoms. The molecule has 22 heavy (non-hydrogen) atoms. The van der Waals surface area contributed by atoms with Gasteiger partial charge in [0.2, 0.25) is 11.9 Å². The van der Waals surface area contributed by atoms with Crippen LogP contribution in [0.1, 0.15) is 11.2 Å². The van der Waals surface area contributed by atoms with Crippen molar-refractivity contribution < 1.29 is 4.79 Å². The SMILES string of the molecule is CSCCC(=O)n1c(Nc2ccccc2)nc2ccccc21. The van der Waals surface area contributed by atoms with E-state index in [1.54, 1.807) is 16.3 Å². The Balaban J connectivity index is 2.02. The van der Waals surface area contributed by atoms with E-state index in [0.29, 0.717) is 12.4 Å². The van der Waals surface area contributed by atoms with Crippen molar-refractivity contribution in [1.82, 2.24) is 9.55 Å². The zero-order valence-corrected chi connectivity index (χ0v) is 13.1. The summed E-state index contributed by atoms with van der Waals surface area (Å²) < 4.78 is 1.68. The summed E-state index contributed by atoms with van der Waals surface area (Å²) in [6, 6.07) is 17.5. The molecular weight excluding hydrogens is 294 g/mol. The topological polar surface area (TPSA) is 46.9 Å². The van der Waals surface area contributed by atoms with E-state index in [1.165, 1.54) is 0 Å². The van der Waals surface area contributed by atoms with Gasteiger partial charge in [-0.05, 0) is 30.5 Å². The van der Waals surface area contributed by atoms with Crippen molar-refractivity contribution in [3.05, 3.63) is 54.6 Å². The molecule has 1 heterocycles. The van der Waals surface area contributed by atoms with Gasteiger partial charge in [0.25, 0.3) is 0 Å². The number of benzene rings is 2. The number of imidazole rings is 1. The van der Waals surface area contributed by atoms with Gasteiger partial charge in [-0.15, -0.1) is 0 Å². The molecule has 0 aliphatic rings.